The number of ether oxygens (including phenoxy) is 1. The number of aromatic nitrogens is 3. The molecule has 2 N–H and O–H groups in total. The molecule has 3 heterocycles. The second kappa shape index (κ2) is 6.67. The number of nitrogens with two attached hydrogens (primary N) is 1. The van der Waals surface area contributed by atoms with Gasteiger partial charge >= 0.3 is 0 Å². The number of hydrogen-bond donors (Lipinski definition) is 1. The maximum absolute atomic E-state index is 15.0. The lowest BCUT2D eigenvalue weighted by Gasteiger charge is -2.24. The van der Waals surface area contributed by atoms with E-state index in [0.717, 1.165) is 5.56 Å². The number of likely N-dealkylation sites (N-methyl/N-ethyl adjacent to an activating group) is 1. The summed E-state index contributed by atoms with van der Waals surface area (Å²) in [6.45, 7) is 0.228. The predicted molar refractivity (Wildman–Crippen MR) is 112 cm³/mol. The Hall–Kier alpha value is -4.19. The van der Waals surface area contributed by atoms with Crippen LogP contribution in [0.3, 0.4) is 0 Å². The molecule has 0 unspecified atom stereocenters. The Morgan fingerprint density at radius 2 is 2.16 bits per heavy atom. The van der Waals surface area contributed by atoms with Gasteiger partial charge in [-0.1, -0.05) is 6.07 Å². The van der Waals surface area contributed by atoms with Gasteiger partial charge in [0, 0.05) is 31.1 Å². The van der Waals surface area contributed by atoms with E-state index in [2.05, 4.69) is 16.2 Å². The van der Waals surface area contributed by atoms with Crippen molar-refractivity contribution in [2.75, 3.05) is 19.4 Å². The van der Waals surface area contributed by atoms with Crippen molar-refractivity contribution < 1.29 is 13.9 Å². The van der Waals surface area contributed by atoms with Crippen LogP contribution in [0, 0.1) is 17.1 Å². The Labute approximate surface area is 176 Å². The van der Waals surface area contributed by atoms with Crippen LogP contribution in [0.1, 0.15) is 27.5 Å². The second-order valence-corrected chi connectivity index (χ2v) is 7.48. The summed E-state index contributed by atoms with van der Waals surface area (Å²) in [6.07, 6.45) is 1.59. The Bertz CT molecular complexity index is 1440. The number of fused-ring (bicyclic) bond motifs is 4. The van der Waals surface area contributed by atoms with Crippen LogP contribution < -0.4 is 10.5 Å². The number of nitriles is 1. The fraction of sp³-hybridized carbons (Fsp3) is 0.182. The van der Waals surface area contributed by atoms with Crippen molar-refractivity contribution in [3.05, 3.63) is 59.0 Å². The number of nitrogen functional groups attached to an aromatic ring is 1. The van der Waals surface area contributed by atoms with Crippen molar-refractivity contribution >= 4 is 33.5 Å². The average molecular weight is 416 g/mol. The van der Waals surface area contributed by atoms with Crippen LogP contribution in [0.5, 0.6) is 5.75 Å². The van der Waals surface area contributed by atoms with Gasteiger partial charge in [0.2, 0.25) is 0 Å². The fourth-order valence-corrected chi connectivity index (χ4v) is 4.06. The van der Waals surface area contributed by atoms with E-state index in [0.29, 0.717) is 33.1 Å². The molecule has 9 heteroatoms. The topological polar surface area (TPSA) is 110 Å². The molecule has 0 saturated carbocycles. The molecule has 8 nitrogen and oxygen atoms in total. The van der Waals surface area contributed by atoms with Gasteiger partial charge in [-0.05, 0) is 18.2 Å². The van der Waals surface area contributed by atoms with E-state index in [1.165, 1.54) is 17.0 Å². The number of rotatable bonds is 2. The number of halogens is 1. The Balaban J connectivity index is 1.58. The molecule has 1 atom stereocenters. The molecule has 0 aliphatic carbocycles. The average Bonchev–Trinajstić information content (AvgIpc) is 3.36. The zero-order chi connectivity index (χ0) is 21.9. The number of pyridine rings is 1. The third-order valence-corrected chi connectivity index (χ3v) is 5.71. The first kappa shape index (κ1) is 18.8. The minimum Gasteiger partial charge on any atom is -0.491 e. The van der Waals surface area contributed by atoms with Crippen molar-refractivity contribution in [2.24, 2.45) is 7.05 Å². The van der Waals surface area contributed by atoms with E-state index in [9.17, 15) is 9.18 Å². The normalized spacial score (nSPS) is 15.0. The van der Waals surface area contributed by atoms with E-state index in [1.807, 2.05) is 0 Å². The van der Waals surface area contributed by atoms with Crippen LogP contribution in [0.15, 0.2) is 36.5 Å². The van der Waals surface area contributed by atoms with Crippen LogP contribution in [0.4, 0.5) is 10.2 Å². The third kappa shape index (κ3) is 2.76. The van der Waals surface area contributed by atoms with Gasteiger partial charge in [0.05, 0.1) is 45.9 Å². The first-order valence-electron chi connectivity index (χ1n) is 9.53. The summed E-state index contributed by atoms with van der Waals surface area (Å²) >= 11 is 0. The molecule has 0 fully saturated rings. The van der Waals surface area contributed by atoms with Gasteiger partial charge < -0.3 is 15.4 Å². The maximum Gasteiger partial charge on any atom is 0.257 e. The first-order chi connectivity index (χ1) is 14.9. The van der Waals surface area contributed by atoms with Gasteiger partial charge in [-0.3, -0.25) is 9.48 Å². The summed E-state index contributed by atoms with van der Waals surface area (Å²) in [4.78, 5) is 19.0. The summed E-state index contributed by atoms with van der Waals surface area (Å²) in [7, 11) is 3.36. The van der Waals surface area contributed by atoms with E-state index >= 15 is 0 Å². The number of carbonyl (C=O) groups is 1. The smallest absolute Gasteiger partial charge is 0.257 e. The quantitative estimate of drug-likeness (QED) is 0.538. The van der Waals surface area contributed by atoms with E-state index in [-0.39, 0.29) is 18.0 Å². The van der Waals surface area contributed by atoms with E-state index in [1.54, 1.807) is 43.2 Å². The highest BCUT2D eigenvalue weighted by molar-refractivity contribution is 6.10. The first-order valence-corrected chi connectivity index (χ1v) is 9.53. The monoisotopic (exact) mass is 416 g/mol. The largest absolute Gasteiger partial charge is 0.491 e. The van der Waals surface area contributed by atoms with E-state index < -0.39 is 17.8 Å². The zero-order valence-corrected chi connectivity index (χ0v) is 16.8. The molecule has 2 aromatic carbocycles. The summed E-state index contributed by atoms with van der Waals surface area (Å²) < 4.78 is 22.2. The summed E-state index contributed by atoms with van der Waals surface area (Å²) in [5.74, 6) is -0.365. The molecule has 5 rings (SSSR count). The van der Waals surface area contributed by atoms with Crippen LogP contribution in [0.25, 0.3) is 21.8 Å². The molecule has 1 aliphatic rings. The van der Waals surface area contributed by atoms with Crippen LogP contribution in [-0.2, 0) is 7.05 Å². The van der Waals surface area contributed by atoms with Crippen molar-refractivity contribution in [1.82, 2.24) is 19.7 Å². The number of carbonyl (C=O) groups excluding carboxylic acids is 1. The predicted octanol–water partition coefficient (Wildman–Crippen LogP) is 2.92. The van der Waals surface area contributed by atoms with Crippen LogP contribution in [0.2, 0.25) is 0 Å². The van der Waals surface area contributed by atoms with Gasteiger partial charge in [0.15, 0.2) is 0 Å². The molecular weight excluding hydrogens is 399 g/mol. The number of nitrogens with zero attached hydrogens (tertiary/aromatic N) is 5. The highest BCUT2D eigenvalue weighted by atomic mass is 19.1. The van der Waals surface area contributed by atoms with Gasteiger partial charge in [0.25, 0.3) is 5.91 Å². The molecule has 2 aromatic heterocycles. The highest BCUT2D eigenvalue weighted by Crippen LogP contribution is 2.37. The van der Waals surface area contributed by atoms with Gasteiger partial charge in [0.1, 0.15) is 24.0 Å². The minimum absolute atomic E-state index is 0.0776. The van der Waals surface area contributed by atoms with Crippen molar-refractivity contribution in [2.45, 2.75) is 6.04 Å². The van der Waals surface area contributed by atoms with Crippen molar-refractivity contribution in [3.8, 4) is 11.8 Å². The molecule has 1 amide bonds. The van der Waals surface area contributed by atoms with Gasteiger partial charge in [-0.2, -0.15) is 10.4 Å². The molecular formula is C22H17FN6O2. The Morgan fingerprint density at radius 3 is 2.94 bits per heavy atom. The number of hydrogen-bond acceptors (Lipinski definition) is 6. The van der Waals surface area contributed by atoms with Crippen LogP contribution in [-0.4, -0.2) is 39.2 Å². The minimum atomic E-state index is -0.684. The fourth-order valence-electron chi connectivity index (χ4n) is 4.06. The van der Waals surface area contributed by atoms with Gasteiger partial charge in [-0.25, -0.2) is 9.37 Å². The standard InChI is InChI=1S/C22H17FN6O2/c1-28(18-10-31-19-5-11(8-24)3-4-12(18)19)22(30)13-6-14-17(7-16(13)23)27-21(25)15-9-26-29(2)20(14)15/h3-7,9,18H,10H2,1-2H3,(H2,25,27)/t18-/m0/s1. The number of anilines is 1. The third-order valence-electron chi connectivity index (χ3n) is 5.71. The molecule has 31 heavy (non-hydrogen) atoms. The molecule has 1 aliphatic heterocycles. The Kier molecular flexibility index (Phi) is 4.05. The number of amides is 1. The van der Waals surface area contributed by atoms with Crippen LogP contribution >= 0.6 is 0 Å². The molecule has 0 bridgehead atoms. The molecule has 0 radical (unpaired) electrons. The van der Waals surface area contributed by atoms with Crippen molar-refractivity contribution in [1.29, 1.82) is 5.26 Å². The summed E-state index contributed by atoms with van der Waals surface area (Å²) in [5.41, 5.74) is 8.19. The van der Waals surface area contributed by atoms with Crippen molar-refractivity contribution in [3.63, 3.8) is 0 Å². The van der Waals surface area contributed by atoms with Gasteiger partial charge in [-0.15, -0.1) is 0 Å². The van der Waals surface area contributed by atoms with E-state index in [4.69, 9.17) is 15.7 Å². The molecule has 0 spiro atoms. The summed E-state index contributed by atoms with van der Waals surface area (Å²) in [5, 5.41) is 14.5. The second-order valence-electron chi connectivity index (χ2n) is 7.48. The Morgan fingerprint density at radius 1 is 1.35 bits per heavy atom. The molecule has 4 aromatic rings. The molecule has 0 saturated heterocycles. The highest BCUT2D eigenvalue weighted by Gasteiger charge is 2.32. The zero-order valence-electron chi connectivity index (χ0n) is 16.8. The SMILES string of the molecule is CN(C(=O)c1cc2c(cc1F)nc(N)c1cnn(C)c12)[C@H]1COc2cc(C#N)ccc21. The summed E-state index contributed by atoms with van der Waals surface area (Å²) in [6, 6.07) is 9.45. The molecule has 154 valence electrons. The number of benzene rings is 2. The lowest BCUT2D eigenvalue weighted by molar-refractivity contribution is 0.0704. The maximum atomic E-state index is 15.0. The number of aryl methyl sites for hydroxylation is 1. The lowest BCUT2D eigenvalue weighted by Crippen LogP contribution is -2.32. The lowest BCUT2D eigenvalue weighted by atomic mass is 10.0.